The van der Waals surface area contributed by atoms with Crippen molar-refractivity contribution in [1.82, 2.24) is 9.55 Å². The summed E-state index contributed by atoms with van der Waals surface area (Å²) in [6.07, 6.45) is 2.39. The highest BCUT2D eigenvalue weighted by Gasteiger charge is 2.14. The Morgan fingerprint density at radius 1 is 1.32 bits per heavy atom. The maximum absolute atomic E-state index is 6.27. The lowest BCUT2D eigenvalue weighted by atomic mass is 10.1. The number of benzene rings is 1. The molecule has 2 rings (SSSR count). The van der Waals surface area contributed by atoms with Crippen molar-refractivity contribution in [2.45, 2.75) is 45.5 Å². The largest absolute Gasteiger partial charge is 0.327 e. The number of fused-ring (bicyclic) bond motifs is 1. The summed E-state index contributed by atoms with van der Waals surface area (Å²) in [5, 5.41) is -0.0646. The first kappa shape index (κ1) is 14.9. The summed E-state index contributed by atoms with van der Waals surface area (Å²) in [4.78, 5) is 4.67. The lowest BCUT2D eigenvalue weighted by molar-refractivity contribution is 0.509. The summed E-state index contributed by atoms with van der Waals surface area (Å²) in [6, 6.07) is 6.23. The number of alkyl halides is 1. The summed E-state index contributed by atoms with van der Waals surface area (Å²) in [6.45, 7) is 7.49. The molecule has 2 aromatic rings. The van der Waals surface area contributed by atoms with Crippen molar-refractivity contribution in [1.29, 1.82) is 0 Å². The van der Waals surface area contributed by atoms with E-state index in [9.17, 15) is 0 Å². The molecule has 0 aliphatic heterocycles. The molecule has 0 bridgehead atoms. The summed E-state index contributed by atoms with van der Waals surface area (Å²) in [7, 11) is 0. The Labute approximate surface area is 128 Å². The topological polar surface area (TPSA) is 17.8 Å². The third-order valence-electron chi connectivity index (χ3n) is 3.26. The highest BCUT2D eigenvalue weighted by atomic mass is 79.9. The molecule has 1 aromatic carbocycles. The summed E-state index contributed by atoms with van der Waals surface area (Å²) in [5.74, 6) is 1.71. The molecule has 104 valence electrons. The van der Waals surface area contributed by atoms with Crippen LogP contribution >= 0.6 is 27.5 Å². The molecule has 0 fully saturated rings. The van der Waals surface area contributed by atoms with E-state index in [4.69, 9.17) is 11.6 Å². The normalized spacial score (nSPS) is 13.4. The zero-order valence-corrected chi connectivity index (χ0v) is 14.0. The third kappa shape index (κ3) is 3.51. The molecule has 1 unspecified atom stereocenters. The van der Waals surface area contributed by atoms with Crippen LogP contribution in [0, 0.1) is 5.92 Å². The van der Waals surface area contributed by atoms with Crippen LogP contribution in [0.5, 0.6) is 0 Å². The van der Waals surface area contributed by atoms with Gasteiger partial charge in [0.2, 0.25) is 0 Å². The Bertz CT molecular complexity index is 561. The van der Waals surface area contributed by atoms with E-state index in [2.05, 4.69) is 57.5 Å². The molecule has 0 N–H and O–H groups in total. The number of aromatic nitrogens is 2. The van der Waals surface area contributed by atoms with Crippen LogP contribution in [0.25, 0.3) is 11.0 Å². The van der Waals surface area contributed by atoms with Crippen molar-refractivity contribution in [2.24, 2.45) is 5.92 Å². The standard InChI is InChI=1S/C15H20BrClN2/c1-10(2)5-4-8-19-14-7-6-12(16)9-13(14)18-15(19)11(3)17/h6-7,9-11H,4-5,8H2,1-3H3. The lowest BCUT2D eigenvalue weighted by Gasteiger charge is -2.11. The highest BCUT2D eigenvalue weighted by molar-refractivity contribution is 9.10. The minimum Gasteiger partial charge on any atom is -0.327 e. The Morgan fingerprint density at radius 2 is 2.05 bits per heavy atom. The van der Waals surface area contributed by atoms with Crippen molar-refractivity contribution < 1.29 is 0 Å². The quantitative estimate of drug-likeness (QED) is 0.652. The van der Waals surface area contributed by atoms with Crippen LogP contribution in [0.15, 0.2) is 22.7 Å². The molecular formula is C15H20BrClN2. The second-order valence-corrected chi connectivity index (χ2v) is 6.98. The molecule has 1 heterocycles. The zero-order chi connectivity index (χ0) is 14.0. The Morgan fingerprint density at radius 3 is 2.68 bits per heavy atom. The van der Waals surface area contributed by atoms with Gasteiger partial charge in [0.15, 0.2) is 0 Å². The minimum atomic E-state index is -0.0646. The average molecular weight is 344 g/mol. The molecule has 0 saturated carbocycles. The SMILES string of the molecule is CC(C)CCCn1c(C(C)Cl)nc2cc(Br)ccc21. The fourth-order valence-electron chi connectivity index (χ4n) is 2.32. The Balaban J connectivity index is 2.35. The number of hydrogen-bond donors (Lipinski definition) is 0. The highest BCUT2D eigenvalue weighted by Crippen LogP contribution is 2.27. The molecule has 0 radical (unpaired) electrons. The average Bonchev–Trinajstić information content (AvgIpc) is 2.67. The van der Waals surface area contributed by atoms with Gasteiger partial charge in [0, 0.05) is 11.0 Å². The molecule has 1 aromatic heterocycles. The molecule has 0 aliphatic carbocycles. The molecule has 0 saturated heterocycles. The molecule has 1 atom stereocenters. The van der Waals surface area contributed by atoms with Gasteiger partial charge < -0.3 is 4.57 Å². The van der Waals surface area contributed by atoms with Crippen LogP contribution in [-0.2, 0) is 6.54 Å². The van der Waals surface area contributed by atoms with Crippen LogP contribution in [-0.4, -0.2) is 9.55 Å². The van der Waals surface area contributed by atoms with Gasteiger partial charge in [0.05, 0.1) is 16.4 Å². The van der Waals surface area contributed by atoms with Crippen LogP contribution in [0.4, 0.5) is 0 Å². The van der Waals surface area contributed by atoms with Crippen molar-refractivity contribution in [3.63, 3.8) is 0 Å². The van der Waals surface area contributed by atoms with Gasteiger partial charge in [-0.25, -0.2) is 4.98 Å². The number of imidazole rings is 1. The Hall–Kier alpha value is -0.540. The van der Waals surface area contributed by atoms with Gasteiger partial charge >= 0.3 is 0 Å². The minimum absolute atomic E-state index is 0.0646. The fourth-order valence-corrected chi connectivity index (χ4v) is 2.83. The monoisotopic (exact) mass is 342 g/mol. The number of rotatable bonds is 5. The van der Waals surface area contributed by atoms with Crippen LogP contribution in [0.3, 0.4) is 0 Å². The molecule has 0 amide bonds. The van der Waals surface area contributed by atoms with E-state index in [-0.39, 0.29) is 5.38 Å². The van der Waals surface area contributed by atoms with Gasteiger partial charge in [-0.15, -0.1) is 11.6 Å². The van der Waals surface area contributed by atoms with Crippen molar-refractivity contribution in [3.8, 4) is 0 Å². The number of aryl methyl sites for hydroxylation is 1. The van der Waals surface area contributed by atoms with Crippen LogP contribution < -0.4 is 0 Å². The molecule has 0 aliphatic rings. The van der Waals surface area contributed by atoms with Crippen LogP contribution in [0.2, 0.25) is 0 Å². The first-order chi connectivity index (χ1) is 8.99. The van der Waals surface area contributed by atoms with Crippen LogP contribution in [0.1, 0.15) is 44.8 Å². The first-order valence-electron chi connectivity index (χ1n) is 6.78. The lowest BCUT2D eigenvalue weighted by Crippen LogP contribution is -2.05. The second-order valence-electron chi connectivity index (χ2n) is 5.41. The van der Waals surface area contributed by atoms with E-state index < -0.39 is 0 Å². The van der Waals surface area contributed by atoms with E-state index in [0.717, 1.165) is 34.7 Å². The van der Waals surface area contributed by atoms with Gasteiger partial charge in [0.25, 0.3) is 0 Å². The summed E-state index contributed by atoms with van der Waals surface area (Å²) < 4.78 is 3.32. The van der Waals surface area contributed by atoms with E-state index in [1.807, 2.05) is 6.92 Å². The van der Waals surface area contributed by atoms with Gasteiger partial charge in [-0.1, -0.05) is 29.8 Å². The molecule has 0 spiro atoms. The van der Waals surface area contributed by atoms with E-state index in [1.54, 1.807) is 0 Å². The summed E-state index contributed by atoms with van der Waals surface area (Å²) in [5.41, 5.74) is 2.19. The van der Waals surface area contributed by atoms with Gasteiger partial charge in [-0.2, -0.15) is 0 Å². The van der Waals surface area contributed by atoms with Crippen molar-refractivity contribution in [2.75, 3.05) is 0 Å². The molecule has 19 heavy (non-hydrogen) atoms. The Kier molecular flexibility index (Phi) is 4.91. The number of nitrogens with zero attached hydrogens (tertiary/aromatic N) is 2. The third-order valence-corrected chi connectivity index (χ3v) is 3.95. The van der Waals surface area contributed by atoms with Gasteiger partial charge in [0.1, 0.15) is 5.82 Å². The molecule has 2 nitrogen and oxygen atoms in total. The first-order valence-corrected chi connectivity index (χ1v) is 8.01. The summed E-state index contributed by atoms with van der Waals surface area (Å²) >= 11 is 9.76. The maximum Gasteiger partial charge on any atom is 0.127 e. The van der Waals surface area contributed by atoms with Crippen molar-refractivity contribution >= 4 is 38.6 Å². The predicted octanol–water partition coefficient (Wildman–Crippen LogP) is 5.53. The predicted molar refractivity (Wildman–Crippen MR) is 85.8 cm³/mol. The maximum atomic E-state index is 6.27. The molecule has 4 heteroatoms. The van der Waals surface area contributed by atoms with Gasteiger partial charge in [-0.3, -0.25) is 0 Å². The number of hydrogen-bond acceptors (Lipinski definition) is 1. The van der Waals surface area contributed by atoms with E-state index >= 15 is 0 Å². The van der Waals surface area contributed by atoms with E-state index in [1.165, 1.54) is 11.9 Å². The van der Waals surface area contributed by atoms with E-state index in [0.29, 0.717) is 0 Å². The van der Waals surface area contributed by atoms with Gasteiger partial charge in [-0.05, 0) is 43.9 Å². The zero-order valence-electron chi connectivity index (χ0n) is 11.7. The smallest absolute Gasteiger partial charge is 0.127 e. The van der Waals surface area contributed by atoms with Crippen molar-refractivity contribution in [3.05, 3.63) is 28.5 Å². The molecular weight excluding hydrogens is 324 g/mol. The fraction of sp³-hybridized carbons (Fsp3) is 0.533. The number of halogens is 2. The second kappa shape index (κ2) is 6.27.